The van der Waals surface area contributed by atoms with Crippen molar-refractivity contribution in [2.45, 2.75) is 50.7 Å². The van der Waals surface area contributed by atoms with E-state index in [1.54, 1.807) is 0 Å². The van der Waals surface area contributed by atoms with Crippen LogP contribution in [0.2, 0.25) is 0 Å². The van der Waals surface area contributed by atoms with Crippen molar-refractivity contribution in [2.75, 3.05) is 19.3 Å². The van der Waals surface area contributed by atoms with Crippen molar-refractivity contribution in [1.29, 1.82) is 0 Å². The molecule has 1 atom stereocenters. The van der Waals surface area contributed by atoms with E-state index < -0.39 is 0 Å². The first-order valence-corrected chi connectivity index (χ1v) is 8.25. The van der Waals surface area contributed by atoms with Crippen LogP contribution in [0.5, 0.6) is 0 Å². The fourth-order valence-electron chi connectivity index (χ4n) is 2.55. The fraction of sp³-hybridized carbons (Fsp3) is 0.929. The number of rotatable bonds is 8. The molecule has 0 radical (unpaired) electrons. The summed E-state index contributed by atoms with van der Waals surface area (Å²) in [5.74, 6) is 1.11. The molecular formula is C14H28N2OS. The van der Waals surface area contributed by atoms with Gasteiger partial charge in [-0.2, -0.15) is 11.8 Å². The van der Waals surface area contributed by atoms with Gasteiger partial charge in [-0.25, -0.2) is 0 Å². The lowest BCUT2D eigenvalue weighted by Gasteiger charge is -2.40. The molecule has 0 aromatic rings. The number of nitrogens with two attached hydrogens (primary N) is 1. The standard InChI is InChI=1S/C14H28N2OS/c1-11(2)7-12(9-15)8-13(17)16-10-14(18-3)5-4-6-14/h11-12H,4-10,15H2,1-3H3,(H,16,17)/t12-/m0/s1. The fourth-order valence-corrected chi connectivity index (χ4v) is 3.46. The molecule has 1 aliphatic carbocycles. The number of thioether (sulfide) groups is 1. The summed E-state index contributed by atoms with van der Waals surface area (Å²) in [5.41, 5.74) is 5.73. The van der Waals surface area contributed by atoms with Gasteiger partial charge in [0, 0.05) is 17.7 Å². The van der Waals surface area contributed by atoms with Crippen LogP contribution < -0.4 is 11.1 Å². The van der Waals surface area contributed by atoms with Crippen molar-refractivity contribution in [1.82, 2.24) is 5.32 Å². The van der Waals surface area contributed by atoms with Crippen molar-refractivity contribution in [3.05, 3.63) is 0 Å². The van der Waals surface area contributed by atoms with Crippen LogP contribution in [0.1, 0.15) is 46.0 Å². The minimum Gasteiger partial charge on any atom is -0.355 e. The Morgan fingerprint density at radius 1 is 1.44 bits per heavy atom. The first kappa shape index (κ1) is 15.8. The summed E-state index contributed by atoms with van der Waals surface area (Å²) in [7, 11) is 0. The Balaban J connectivity index is 2.27. The molecule has 0 unspecified atom stereocenters. The van der Waals surface area contributed by atoms with Crippen LogP contribution in [0.25, 0.3) is 0 Å². The van der Waals surface area contributed by atoms with E-state index in [1.165, 1.54) is 19.3 Å². The Bertz CT molecular complexity index is 259. The SMILES string of the molecule is CSC1(CNC(=O)C[C@@H](CN)CC(C)C)CCC1. The molecule has 106 valence electrons. The van der Waals surface area contributed by atoms with Crippen LogP contribution in [-0.4, -0.2) is 30.0 Å². The smallest absolute Gasteiger partial charge is 0.220 e. The Hall–Kier alpha value is -0.220. The molecule has 4 heteroatoms. The predicted molar refractivity (Wildman–Crippen MR) is 79.7 cm³/mol. The topological polar surface area (TPSA) is 55.1 Å². The molecule has 0 saturated heterocycles. The first-order chi connectivity index (χ1) is 8.51. The van der Waals surface area contributed by atoms with Crippen LogP contribution in [0.4, 0.5) is 0 Å². The lowest BCUT2D eigenvalue weighted by Crippen LogP contribution is -2.45. The van der Waals surface area contributed by atoms with Gasteiger partial charge in [-0.1, -0.05) is 20.3 Å². The van der Waals surface area contributed by atoms with Crippen molar-refractivity contribution in [2.24, 2.45) is 17.6 Å². The molecule has 0 aromatic carbocycles. The average Bonchev–Trinajstić information content (AvgIpc) is 2.26. The van der Waals surface area contributed by atoms with Gasteiger partial charge in [0.2, 0.25) is 5.91 Å². The van der Waals surface area contributed by atoms with Gasteiger partial charge in [0.1, 0.15) is 0 Å². The quantitative estimate of drug-likeness (QED) is 0.713. The van der Waals surface area contributed by atoms with Gasteiger partial charge >= 0.3 is 0 Å². The van der Waals surface area contributed by atoms with Crippen molar-refractivity contribution < 1.29 is 4.79 Å². The number of hydrogen-bond donors (Lipinski definition) is 2. The maximum atomic E-state index is 11.9. The first-order valence-electron chi connectivity index (χ1n) is 7.03. The Morgan fingerprint density at radius 2 is 2.11 bits per heavy atom. The highest BCUT2D eigenvalue weighted by molar-refractivity contribution is 8.00. The molecule has 0 heterocycles. The zero-order valence-electron chi connectivity index (χ0n) is 12.0. The highest BCUT2D eigenvalue weighted by Crippen LogP contribution is 2.42. The molecule has 1 rings (SSSR count). The molecule has 1 amide bonds. The third-order valence-electron chi connectivity index (χ3n) is 3.92. The highest BCUT2D eigenvalue weighted by atomic mass is 32.2. The van der Waals surface area contributed by atoms with Gasteiger partial charge in [0.15, 0.2) is 0 Å². The molecule has 3 N–H and O–H groups in total. The second-order valence-electron chi connectivity index (χ2n) is 5.95. The second-order valence-corrected chi connectivity index (χ2v) is 7.23. The maximum absolute atomic E-state index is 11.9. The number of hydrogen-bond acceptors (Lipinski definition) is 3. The van der Waals surface area contributed by atoms with Crippen LogP contribution in [0, 0.1) is 11.8 Å². The van der Waals surface area contributed by atoms with Crippen molar-refractivity contribution >= 4 is 17.7 Å². The number of carbonyl (C=O) groups is 1. The zero-order chi connectivity index (χ0) is 13.6. The van der Waals surface area contributed by atoms with Gasteiger partial charge in [-0.3, -0.25) is 4.79 Å². The van der Waals surface area contributed by atoms with Crippen LogP contribution in [0.15, 0.2) is 0 Å². The Labute approximate surface area is 116 Å². The van der Waals surface area contributed by atoms with Crippen molar-refractivity contribution in [3.63, 3.8) is 0 Å². The van der Waals surface area contributed by atoms with E-state index in [4.69, 9.17) is 5.73 Å². The molecule has 18 heavy (non-hydrogen) atoms. The molecule has 0 aliphatic heterocycles. The third kappa shape index (κ3) is 4.81. The van der Waals surface area contributed by atoms with Crippen LogP contribution in [-0.2, 0) is 4.79 Å². The summed E-state index contributed by atoms with van der Waals surface area (Å²) in [6.07, 6.45) is 7.54. The number of carbonyl (C=O) groups excluding carboxylic acids is 1. The molecule has 1 aliphatic rings. The summed E-state index contributed by atoms with van der Waals surface area (Å²) in [6.45, 7) is 5.79. The lowest BCUT2D eigenvalue weighted by atomic mass is 9.84. The second kappa shape index (κ2) is 7.39. The van der Waals surface area contributed by atoms with Crippen molar-refractivity contribution in [3.8, 4) is 0 Å². The Morgan fingerprint density at radius 3 is 2.50 bits per heavy atom. The molecule has 1 saturated carbocycles. The van der Waals surface area contributed by atoms with Gasteiger partial charge in [0.05, 0.1) is 0 Å². The lowest BCUT2D eigenvalue weighted by molar-refractivity contribution is -0.122. The summed E-state index contributed by atoms with van der Waals surface area (Å²) in [6, 6.07) is 0. The highest BCUT2D eigenvalue weighted by Gasteiger charge is 2.36. The van der Waals surface area contributed by atoms with E-state index >= 15 is 0 Å². The monoisotopic (exact) mass is 272 g/mol. The van der Waals surface area contributed by atoms with Gasteiger partial charge in [0.25, 0.3) is 0 Å². The van der Waals surface area contributed by atoms with E-state index in [1.807, 2.05) is 11.8 Å². The number of amides is 1. The van der Waals surface area contributed by atoms with E-state index in [0.717, 1.165) is 13.0 Å². The van der Waals surface area contributed by atoms with Gasteiger partial charge in [-0.05, 0) is 43.9 Å². The molecule has 3 nitrogen and oxygen atoms in total. The summed E-state index contributed by atoms with van der Waals surface area (Å²) < 4.78 is 0.325. The summed E-state index contributed by atoms with van der Waals surface area (Å²) in [4.78, 5) is 11.9. The third-order valence-corrected chi connectivity index (χ3v) is 5.34. The number of nitrogens with one attached hydrogen (secondary N) is 1. The van der Waals surface area contributed by atoms with Crippen LogP contribution >= 0.6 is 11.8 Å². The summed E-state index contributed by atoms with van der Waals surface area (Å²) in [5, 5.41) is 3.10. The predicted octanol–water partition coefficient (Wildman–Crippen LogP) is 2.40. The van der Waals surface area contributed by atoms with Crippen LogP contribution in [0.3, 0.4) is 0 Å². The molecule has 0 bridgehead atoms. The normalized spacial score (nSPS) is 19.4. The van der Waals surface area contributed by atoms with E-state index in [-0.39, 0.29) is 5.91 Å². The van der Waals surface area contributed by atoms with E-state index in [0.29, 0.717) is 29.5 Å². The Kier molecular flexibility index (Phi) is 6.50. The molecular weight excluding hydrogens is 244 g/mol. The minimum atomic E-state index is 0.173. The van der Waals surface area contributed by atoms with E-state index in [9.17, 15) is 4.79 Å². The molecule has 1 fully saturated rings. The largest absolute Gasteiger partial charge is 0.355 e. The van der Waals surface area contributed by atoms with E-state index in [2.05, 4.69) is 25.4 Å². The zero-order valence-corrected chi connectivity index (χ0v) is 12.8. The molecule has 0 spiro atoms. The minimum absolute atomic E-state index is 0.173. The van der Waals surface area contributed by atoms with Gasteiger partial charge < -0.3 is 11.1 Å². The average molecular weight is 272 g/mol. The maximum Gasteiger partial charge on any atom is 0.220 e. The van der Waals surface area contributed by atoms with Gasteiger partial charge in [-0.15, -0.1) is 0 Å². The summed E-state index contributed by atoms with van der Waals surface area (Å²) >= 11 is 1.90. The molecule has 0 aromatic heterocycles.